The topological polar surface area (TPSA) is 34.9 Å². The molecule has 0 saturated heterocycles. The fraction of sp³-hybridized carbons (Fsp3) is 0.294. The molecule has 0 amide bonds. The molecule has 0 radical (unpaired) electrons. The highest BCUT2D eigenvalue weighted by Crippen LogP contribution is 2.13. The Hall–Kier alpha value is -1.87. The maximum Gasteiger partial charge on any atom is 0.272 e. The molecule has 0 aliphatic carbocycles. The molecule has 110 valence electrons. The van der Waals surface area contributed by atoms with E-state index in [1.807, 2.05) is 43.3 Å². The van der Waals surface area contributed by atoms with Crippen LogP contribution in [-0.2, 0) is 13.0 Å². The molecule has 0 N–H and O–H groups in total. The van der Waals surface area contributed by atoms with Gasteiger partial charge in [-0.05, 0) is 31.7 Å². The van der Waals surface area contributed by atoms with Crippen molar-refractivity contribution in [3.8, 4) is 0 Å². The Labute approximate surface area is 129 Å². The number of unbranched alkanes of at least 4 members (excludes halogenated alkanes) is 1. The fourth-order valence-electron chi connectivity index (χ4n) is 2.20. The molecule has 3 nitrogen and oxygen atoms in total. The van der Waals surface area contributed by atoms with Crippen LogP contribution in [-0.4, -0.2) is 9.55 Å². The van der Waals surface area contributed by atoms with E-state index in [0.717, 1.165) is 18.4 Å². The van der Waals surface area contributed by atoms with Gasteiger partial charge in [-0.25, -0.2) is 4.98 Å². The lowest BCUT2D eigenvalue weighted by Crippen LogP contribution is -2.28. The minimum absolute atomic E-state index is 0.0511. The highest BCUT2D eigenvalue weighted by atomic mass is 35.5. The Kier molecular flexibility index (Phi) is 5.34. The standard InChI is InChI=1S/C17H19ClN2O/c1-3-4-6-11-15-17(21)20(13(2)16(18)19-15)12-14-9-7-5-8-10-14/h3,5,7-10H,1,4,6,11-12H2,2H3. The van der Waals surface area contributed by atoms with Crippen LogP contribution in [0.5, 0.6) is 0 Å². The highest BCUT2D eigenvalue weighted by molar-refractivity contribution is 6.30. The first-order chi connectivity index (χ1) is 10.1. The number of allylic oxidation sites excluding steroid dienone is 1. The van der Waals surface area contributed by atoms with E-state index in [9.17, 15) is 4.79 Å². The predicted octanol–water partition coefficient (Wildman–Crippen LogP) is 3.76. The molecule has 0 aliphatic rings. The van der Waals surface area contributed by atoms with Crippen LogP contribution in [0.1, 0.15) is 29.8 Å². The molecular weight excluding hydrogens is 284 g/mol. The largest absolute Gasteiger partial charge is 0.304 e. The fourth-order valence-corrected chi connectivity index (χ4v) is 2.40. The van der Waals surface area contributed by atoms with Crippen LogP contribution in [0.15, 0.2) is 47.8 Å². The molecule has 2 aromatic rings. The van der Waals surface area contributed by atoms with Crippen molar-refractivity contribution in [3.63, 3.8) is 0 Å². The third-order valence-corrected chi connectivity index (χ3v) is 3.79. The average Bonchev–Trinajstić information content (AvgIpc) is 2.50. The van der Waals surface area contributed by atoms with Gasteiger partial charge in [-0.1, -0.05) is 48.0 Å². The number of aromatic nitrogens is 2. The third kappa shape index (κ3) is 3.82. The van der Waals surface area contributed by atoms with E-state index in [1.54, 1.807) is 4.57 Å². The number of hydrogen-bond acceptors (Lipinski definition) is 2. The monoisotopic (exact) mass is 302 g/mol. The number of hydrogen-bond donors (Lipinski definition) is 0. The lowest BCUT2D eigenvalue weighted by atomic mass is 10.2. The van der Waals surface area contributed by atoms with Crippen molar-refractivity contribution < 1.29 is 0 Å². The quantitative estimate of drug-likeness (QED) is 0.601. The summed E-state index contributed by atoms with van der Waals surface area (Å²) in [6.45, 7) is 6.03. The normalized spacial score (nSPS) is 10.6. The van der Waals surface area contributed by atoms with E-state index in [0.29, 0.717) is 29.5 Å². The van der Waals surface area contributed by atoms with Crippen molar-refractivity contribution >= 4 is 11.6 Å². The van der Waals surface area contributed by atoms with E-state index < -0.39 is 0 Å². The summed E-state index contributed by atoms with van der Waals surface area (Å²) in [5, 5.41) is 0.402. The number of benzene rings is 1. The van der Waals surface area contributed by atoms with Gasteiger partial charge >= 0.3 is 0 Å². The second kappa shape index (κ2) is 7.23. The van der Waals surface area contributed by atoms with Crippen molar-refractivity contribution in [2.75, 3.05) is 0 Å². The second-order valence-electron chi connectivity index (χ2n) is 4.99. The summed E-state index contributed by atoms with van der Waals surface area (Å²) in [6.07, 6.45) is 4.19. The summed E-state index contributed by atoms with van der Waals surface area (Å²) in [4.78, 5) is 16.8. The molecular formula is C17H19ClN2O. The maximum absolute atomic E-state index is 12.6. The van der Waals surface area contributed by atoms with Gasteiger partial charge in [0.25, 0.3) is 5.56 Å². The van der Waals surface area contributed by atoms with E-state index >= 15 is 0 Å². The van der Waals surface area contributed by atoms with Crippen LogP contribution in [0, 0.1) is 6.92 Å². The van der Waals surface area contributed by atoms with Crippen molar-refractivity contribution in [1.29, 1.82) is 0 Å². The average molecular weight is 303 g/mol. The summed E-state index contributed by atoms with van der Waals surface area (Å²) in [6, 6.07) is 9.88. The first-order valence-corrected chi connectivity index (χ1v) is 7.42. The van der Waals surface area contributed by atoms with E-state index in [-0.39, 0.29) is 5.56 Å². The molecule has 0 saturated carbocycles. The summed E-state index contributed by atoms with van der Waals surface area (Å²) in [7, 11) is 0. The summed E-state index contributed by atoms with van der Waals surface area (Å²) in [5.41, 5.74) is 2.26. The van der Waals surface area contributed by atoms with Gasteiger partial charge in [-0.3, -0.25) is 4.79 Å². The van der Waals surface area contributed by atoms with Gasteiger partial charge in [0.1, 0.15) is 10.8 Å². The smallest absolute Gasteiger partial charge is 0.272 e. The van der Waals surface area contributed by atoms with Crippen LogP contribution in [0.25, 0.3) is 0 Å². The summed E-state index contributed by atoms with van der Waals surface area (Å²) in [5.74, 6) is 0. The van der Waals surface area contributed by atoms with Crippen LogP contribution < -0.4 is 5.56 Å². The first kappa shape index (κ1) is 15.5. The molecule has 4 heteroatoms. The zero-order chi connectivity index (χ0) is 15.2. The number of aryl methyl sites for hydroxylation is 1. The van der Waals surface area contributed by atoms with Gasteiger partial charge in [0.2, 0.25) is 0 Å². The zero-order valence-electron chi connectivity index (χ0n) is 12.2. The van der Waals surface area contributed by atoms with Gasteiger partial charge in [0, 0.05) is 0 Å². The minimum Gasteiger partial charge on any atom is -0.304 e. The van der Waals surface area contributed by atoms with Crippen LogP contribution in [0.3, 0.4) is 0 Å². The Morgan fingerprint density at radius 2 is 2.05 bits per heavy atom. The van der Waals surface area contributed by atoms with Crippen LogP contribution in [0.2, 0.25) is 5.15 Å². The van der Waals surface area contributed by atoms with Crippen LogP contribution in [0.4, 0.5) is 0 Å². The molecule has 1 aromatic carbocycles. The third-order valence-electron chi connectivity index (χ3n) is 3.43. The predicted molar refractivity (Wildman–Crippen MR) is 86.9 cm³/mol. The Morgan fingerprint density at radius 3 is 2.71 bits per heavy atom. The minimum atomic E-state index is -0.0511. The molecule has 1 heterocycles. The summed E-state index contributed by atoms with van der Waals surface area (Å²) >= 11 is 6.18. The Balaban J connectivity index is 2.35. The highest BCUT2D eigenvalue weighted by Gasteiger charge is 2.12. The Bertz CT molecular complexity index is 677. The van der Waals surface area contributed by atoms with E-state index in [1.165, 1.54) is 0 Å². The van der Waals surface area contributed by atoms with Crippen molar-refractivity contribution in [2.45, 2.75) is 32.7 Å². The molecule has 0 spiro atoms. The molecule has 0 bridgehead atoms. The van der Waals surface area contributed by atoms with Gasteiger partial charge in [0.15, 0.2) is 0 Å². The molecule has 1 aromatic heterocycles. The molecule has 0 unspecified atom stereocenters. The second-order valence-corrected chi connectivity index (χ2v) is 5.35. The lowest BCUT2D eigenvalue weighted by Gasteiger charge is -2.13. The molecule has 0 aliphatic heterocycles. The number of rotatable bonds is 6. The van der Waals surface area contributed by atoms with E-state index in [4.69, 9.17) is 11.6 Å². The van der Waals surface area contributed by atoms with Gasteiger partial charge < -0.3 is 4.57 Å². The van der Waals surface area contributed by atoms with Gasteiger partial charge in [0.05, 0.1) is 12.2 Å². The van der Waals surface area contributed by atoms with Gasteiger partial charge in [-0.15, -0.1) is 6.58 Å². The molecule has 0 atom stereocenters. The Morgan fingerprint density at radius 1 is 1.33 bits per heavy atom. The SMILES string of the molecule is C=CCCCc1nc(Cl)c(C)n(Cc2ccccc2)c1=O. The van der Waals surface area contributed by atoms with Gasteiger partial charge in [-0.2, -0.15) is 0 Å². The zero-order valence-corrected chi connectivity index (χ0v) is 12.9. The number of halogens is 1. The molecule has 0 fully saturated rings. The summed E-state index contributed by atoms with van der Waals surface area (Å²) < 4.78 is 1.70. The van der Waals surface area contributed by atoms with Crippen LogP contribution >= 0.6 is 11.6 Å². The molecule has 21 heavy (non-hydrogen) atoms. The lowest BCUT2D eigenvalue weighted by molar-refractivity contribution is 0.686. The maximum atomic E-state index is 12.6. The first-order valence-electron chi connectivity index (χ1n) is 7.04. The molecule has 2 rings (SSSR count). The van der Waals surface area contributed by atoms with Crippen molar-refractivity contribution in [3.05, 3.63) is 75.4 Å². The van der Waals surface area contributed by atoms with E-state index in [2.05, 4.69) is 11.6 Å². The number of nitrogens with zero attached hydrogens (tertiary/aromatic N) is 2. The van der Waals surface area contributed by atoms with Crippen molar-refractivity contribution in [1.82, 2.24) is 9.55 Å². The van der Waals surface area contributed by atoms with Crippen molar-refractivity contribution in [2.24, 2.45) is 0 Å².